The maximum Gasteiger partial charge on any atom is 0.225 e. The summed E-state index contributed by atoms with van der Waals surface area (Å²) in [5.41, 5.74) is 1.13. The summed E-state index contributed by atoms with van der Waals surface area (Å²) in [7, 11) is 0. The van der Waals surface area contributed by atoms with Crippen molar-refractivity contribution in [3.63, 3.8) is 0 Å². The maximum atomic E-state index is 13.6. The minimum absolute atomic E-state index is 0.0938. The van der Waals surface area contributed by atoms with Gasteiger partial charge in [0.15, 0.2) is 0 Å². The van der Waals surface area contributed by atoms with Crippen molar-refractivity contribution in [2.24, 2.45) is 0 Å². The van der Waals surface area contributed by atoms with E-state index in [4.69, 9.17) is 23.2 Å². The molecule has 0 heterocycles. The SMILES string of the molecule is C[C@@H](NC(=O)Cc1c(F)cccc1Cl)c1ccc(Cl)cc1. The third-order valence-electron chi connectivity index (χ3n) is 3.15. The molecule has 0 fully saturated rings. The summed E-state index contributed by atoms with van der Waals surface area (Å²) in [4.78, 5) is 12.0. The normalized spacial score (nSPS) is 12.0. The fourth-order valence-electron chi connectivity index (χ4n) is 1.99. The van der Waals surface area contributed by atoms with Gasteiger partial charge in [-0.2, -0.15) is 0 Å². The zero-order chi connectivity index (χ0) is 15.4. The highest BCUT2D eigenvalue weighted by molar-refractivity contribution is 6.31. The number of hydrogen-bond acceptors (Lipinski definition) is 1. The highest BCUT2D eigenvalue weighted by Crippen LogP contribution is 2.20. The van der Waals surface area contributed by atoms with E-state index in [2.05, 4.69) is 5.32 Å². The smallest absolute Gasteiger partial charge is 0.225 e. The van der Waals surface area contributed by atoms with Gasteiger partial charge in [0.25, 0.3) is 0 Å². The van der Waals surface area contributed by atoms with Crippen molar-refractivity contribution in [3.05, 3.63) is 69.5 Å². The van der Waals surface area contributed by atoms with Gasteiger partial charge < -0.3 is 5.32 Å². The van der Waals surface area contributed by atoms with Crippen LogP contribution in [0.25, 0.3) is 0 Å². The van der Waals surface area contributed by atoms with E-state index in [1.165, 1.54) is 12.1 Å². The molecule has 2 rings (SSSR count). The van der Waals surface area contributed by atoms with E-state index in [9.17, 15) is 9.18 Å². The van der Waals surface area contributed by atoms with Crippen molar-refractivity contribution < 1.29 is 9.18 Å². The molecule has 0 saturated carbocycles. The van der Waals surface area contributed by atoms with Gasteiger partial charge in [-0.05, 0) is 36.8 Å². The quantitative estimate of drug-likeness (QED) is 0.877. The van der Waals surface area contributed by atoms with Crippen LogP contribution in [0.3, 0.4) is 0 Å². The summed E-state index contributed by atoms with van der Waals surface area (Å²) in [5, 5.41) is 3.70. The highest BCUT2D eigenvalue weighted by Gasteiger charge is 2.14. The number of carbonyl (C=O) groups is 1. The first-order chi connectivity index (χ1) is 9.97. The van der Waals surface area contributed by atoms with Crippen LogP contribution in [0.4, 0.5) is 4.39 Å². The predicted molar refractivity (Wildman–Crippen MR) is 83.1 cm³/mol. The second-order valence-corrected chi connectivity index (χ2v) is 5.56. The molecule has 0 aliphatic heterocycles. The molecule has 2 aromatic carbocycles. The lowest BCUT2D eigenvalue weighted by atomic mass is 10.1. The molecule has 0 aliphatic carbocycles. The zero-order valence-corrected chi connectivity index (χ0v) is 12.9. The van der Waals surface area contributed by atoms with Gasteiger partial charge in [-0.1, -0.05) is 41.4 Å². The summed E-state index contributed by atoms with van der Waals surface area (Å²) in [6.07, 6.45) is -0.0938. The highest BCUT2D eigenvalue weighted by atomic mass is 35.5. The molecule has 21 heavy (non-hydrogen) atoms. The summed E-state index contributed by atoms with van der Waals surface area (Å²) >= 11 is 11.7. The van der Waals surface area contributed by atoms with Crippen LogP contribution in [0, 0.1) is 5.82 Å². The predicted octanol–water partition coefficient (Wildman–Crippen LogP) is 4.55. The van der Waals surface area contributed by atoms with Gasteiger partial charge in [-0.25, -0.2) is 4.39 Å². The Labute approximate surface area is 132 Å². The monoisotopic (exact) mass is 325 g/mol. The molecule has 2 aromatic rings. The average Bonchev–Trinajstić information content (AvgIpc) is 2.43. The summed E-state index contributed by atoms with van der Waals surface area (Å²) in [6.45, 7) is 1.85. The third-order valence-corrected chi connectivity index (χ3v) is 3.75. The maximum absolute atomic E-state index is 13.6. The lowest BCUT2D eigenvalue weighted by Gasteiger charge is -2.15. The van der Waals surface area contributed by atoms with Gasteiger partial charge in [0.05, 0.1) is 12.5 Å². The third kappa shape index (κ3) is 4.19. The number of benzene rings is 2. The molecule has 5 heteroatoms. The Morgan fingerprint density at radius 3 is 2.48 bits per heavy atom. The van der Waals surface area contributed by atoms with Crippen molar-refractivity contribution in [3.8, 4) is 0 Å². The molecule has 1 atom stereocenters. The number of amides is 1. The van der Waals surface area contributed by atoms with Crippen molar-refractivity contribution in [2.45, 2.75) is 19.4 Å². The summed E-state index contributed by atoms with van der Waals surface area (Å²) < 4.78 is 13.6. The van der Waals surface area contributed by atoms with E-state index < -0.39 is 5.82 Å². The van der Waals surface area contributed by atoms with Crippen molar-refractivity contribution in [1.29, 1.82) is 0 Å². The van der Waals surface area contributed by atoms with E-state index in [0.717, 1.165) is 5.56 Å². The Hall–Kier alpha value is -1.58. The van der Waals surface area contributed by atoms with E-state index in [1.54, 1.807) is 18.2 Å². The zero-order valence-electron chi connectivity index (χ0n) is 11.4. The van der Waals surface area contributed by atoms with Crippen LogP contribution in [-0.4, -0.2) is 5.91 Å². The number of nitrogens with one attached hydrogen (secondary N) is 1. The molecule has 0 saturated heterocycles. The number of rotatable bonds is 4. The molecular weight excluding hydrogens is 312 g/mol. The van der Waals surface area contributed by atoms with Gasteiger partial charge in [0.1, 0.15) is 5.82 Å². The Bertz CT molecular complexity index is 623. The number of hydrogen-bond donors (Lipinski definition) is 1. The topological polar surface area (TPSA) is 29.1 Å². The molecule has 0 spiro atoms. The van der Waals surface area contributed by atoms with Crippen LogP contribution in [-0.2, 0) is 11.2 Å². The van der Waals surface area contributed by atoms with Crippen LogP contribution < -0.4 is 5.32 Å². The van der Waals surface area contributed by atoms with E-state index in [1.807, 2.05) is 19.1 Å². The molecule has 2 nitrogen and oxygen atoms in total. The van der Waals surface area contributed by atoms with E-state index in [-0.39, 0.29) is 29.0 Å². The number of halogens is 3. The Kier molecular flexibility index (Phi) is 5.21. The molecule has 0 unspecified atom stereocenters. The molecule has 110 valence electrons. The Morgan fingerprint density at radius 2 is 1.86 bits per heavy atom. The fourth-order valence-corrected chi connectivity index (χ4v) is 2.34. The van der Waals surface area contributed by atoms with E-state index >= 15 is 0 Å². The summed E-state index contributed by atoms with van der Waals surface area (Å²) in [6, 6.07) is 11.4. The van der Waals surface area contributed by atoms with Crippen LogP contribution in [0.2, 0.25) is 10.0 Å². The number of carbonyl (C=O) groups excluding carboxylic acids is 1. The van der Waals surface area contributed by atoms with E-state index in [0.29, 0.717) is 5.02 Å². The fraction of sp³-hybridized carbons (Fsp3) is 0.188. The molecule has 0 bridgehead atoms. The van der Waals surface area contributed by atoms with Crippen LogP contribution in [0.15, 0.2) is 42.5 Å². The van der Waals surface area contributed by atoms with Gasteiger partial charge >= 0.3 is 0 Å². The minimum Gasteiger partial charge on any atom is -0.349 e. The first kappa shape index (κ1) is 15.8. The molecule has 0 aromatic heterocycles. The van der Waals surface area contributed by atoms with Crippen LogP contribution in [0.5, 0.6) is 0 Å². The van der Waals surface area contributed by atoms with Crippen molar-refractivity contribution in [1.82, 2.24) is 5.32 Å². The van der Waals surface area contributed by atoms with Crippen molar-refractivity contribution >= 4 is 29.1 Å². The summed E-state index contributed by atoms with van der Waals surface area (Å²) in [5.74, 6) is -0.763. The van der Waals surface area contributed by atoms with Crippen molar-refractivity contribution in [2.75, 3.05) is 0 Å². The Morgan fingerprint density at radius 1 is 1.19 bits per heavy atom. The second kappa shape index (κ2) is 6.92. The largest absolute Gasteiger partial charge is 0.349 e. The second-order valence-electron chi connectivity index (χ2n) is 4.72. The Balaban J connectivity index is 2.03. The molecule has 1 N–H and O–H groups in total. The van der Waals surface area contributed by atoms with Gasteiger partial charge in [0.2, 0.25) is 5.91 Å². The van der Waals surface area contributed by atoms with Gasteiger partial charge in [-0.3, -0.25) is 4.79 Å². The first-order valence-electron chi connectivity index (χ1n) is 6.45. The van der Waals surface area contributed by atoms with Crippen LogP contribution in [0.1, 0.15) is 24.1 Å². The van der Waals surface area contributed by atoms with Crippen LogP contribution >= 0.6 is 23.2 Å². The lowest BCUT2D eigenvalue weighted by Crippen LogP contribution is -2.28. The molecule has 1 amide bonds. The first-order valence-corrected chi connectivity index (χ1v) is 7.20. The van der Waals surface area contributed by atoms with Gasteiger partial charge in [-0.15, -0.1) is 0 Å². The molecule has 0 aliphatic rings. The average molecular weight is 326 g/mol. The molecular formula is C16H14Cl2FNO. The van der Waals surface area contributed by atoms with Gasteiger partial charge in [0, 0.05) is 15.6 Å². The lowest BCUT2D eigenvalue weighted by molar-refractivity contribution is -0.121. The minimum atomic E-state index is -0.475. The molecule has 0 radical (unpaired) electrons. The standard InChI is InChI=1S/C16H14Cl2FNO/c1-10(11-5-7-12(17)8-6-11)20-16(21)9-13-14(18)3-2-4-15(13)19/h2-8,10H,9H2,1H3,(H,20,21)/t10-/m1/s1.